The number of carbonyl (C=O) groups is 1. The van der Waals surface area contributed by atoms with Crippen molar-refractivity contribution in [3.05, 3.63) is 0 Å². The summed E-state index contributed by atoms with van der Waals surface area (Å²) < 4.78 is 0. The maximum Gasteiger partial charge on any atom is 0.225 e. The Morgan fingerprint density at radius 3 is 2.22 bits per heavy atom. The fourth-order valence-electron chi connectivity index (χ4n) is 2.99. The molecule has 0 N–H and O–H groups in total. The zero-order valence-electron chi connectivity index (χ0n) is 12.6. The summed E-state index contributed by atoms with van der Waals surface area (Å²) in [6, 6.07) is 0. The van der Waals surface area contributed by atoms with E-state index in [-0.39, 0.29) is 0 Å². The van der Waals surface area contributed by atoms with Crippen molar-refractivity contribution in [2.75, 3.05) is 13.1 Å². The molecule has 0 heterocycles. The fourth-order valence-corrected chi connectivity index (χ4v) is 2.99. The number of amides is 1. The molecular weight excluding hydrogens is 222 g/mol. The minimum atomic E-state index is 0.314. The van der Waals surface area contributed by atoms with Crippen LogP contribution in [0.4, 0.5) is 0 Å². The summed E-state index contributed by atoms with van der Waals surface area (Å²) in [6.07, 6.45) is 9.65. The van der Waals surface area contributed by atoms with Crippen LogP contribution < -0.4 is 0 Å². The largest absolute Gasteiger partial charge is 0.343 e. The Kier molecular flexibility index (Phi) is 7.38. The Morgan fingerprint density at radius 2 is 1.72 bits per heavy atom. The highest BCUT2D eigenvalue weighted by molar-refractivity contribution is 5.78. The van der Waals surface area contributed by atoms with E-state index in [1.807, 2.05) is 0 Å². The van der Waals surface area contributed by atoms with Crippen molar-refractivity contribution >= 4 is 5.91 Å². The van der Waals surface area contributed by atoms with E-state index < -0.39 is 0 Å². The summed E-state index contributed by atoms with van der Waals surface area (Å²) in [5.74, 6) is 1.61. The highest BCUT2D eigenvalue weighted by atomic mass is 16.2. The summed E-state index contributed by atoms with van der Waals surface area (Å²) in [6.45, 7) is 8.49. The third-order valence-corrected chi connectivity index (χ3v) is 4.32. The second-order valence-electron chi connectivity index (χ2n) is 5.94. The molecule has 0 atom stereocenters. The van der Waals surface area contributed by atoms with Crippen molar-refractivity contribution in [3.8, 4) is 0 Å². The lowest BCUT2D eigenvalue weighted by Gasteiger charge is -2.28. The van der Waals surface area contributed by atoms with Crippen LogP contribution >= 0.6 is 0 Å². The van der Waals surface area contributed by atoms with Crippen LogP contribution in [0.5, 0.6) is 0 Å². The molecular formula is C16H31NO. The van der Waals surface area contributed by atoms with Crippen molar-refractivity contribution < 1.29 is 4.79 Å². The SMILES string of the molecule is CCCCN(CC)C(=O)C1CCCC(C)CCC1. The maximum absolute atomic E-state index is 12.5. The molecule has 1 saturated carbocycles. The molecule has 0 unspecified atom stereocenters. The van der Waals surface area contributed by atoms with Crippen LogP contribution in [-0.4, -0.2) is 23.9 Å². The minimum absolute atomic E-state index is 0.314. The minimum Gasteiger partial charge on any atom is -0.343 e. The van der Waals surface area contributed by atoms with Crippen LogP contribution in [0.3, 0.4) is 0 Å². The van der Waals surface area contributed by atoms with Gasteiger partial charge in [0, 0.05) is 19.0 Å². The van der Waals surface area contributed by atoms with E-state index in [1.165, 1.54) is 32.1 Å². The van der Waals surface area contributed by atoms with E-state index in [9.17, 15) is 4.79 Å². The predicted octanol–water partition coefficient (Wildman–Crippen LogP) is 4.24. The summed E-state index contributed by atoms with van der Waals surface area (Å²) in [5.41, 5.74) is 0. The zero-order valence-corrected chi connectivity index (χ0v) is 12.6. The highest BCUT2D eigenvalue weighted by Crippen LogP contribution is 2.27. The second kappa shape index (κ2) is 8.55. The number of nitrogens with zero attached hydrogens (tertiary/aromatic N) is 1. The van der Waals surface area contributed by atoms with Gasteiger partial charge in [-0.2, -0.15) is 0 Å². The number of hydrogen-bond acceptors (Lipinski definition) is 1. The molecule has 0 saturated heterocycles. The van der Waals surface area contributed by atoms with Crippen molar-refractivity contribution in [1.29, 1.82) is 0 Å². The molecule has 0 aromatic carbocycles. The molecule has 1 aliphatic rings. The van der Waals surface area contributed by atoms with Gasteiger partial charge in [-0.3, -0.25) is 4.79 Å². The third-order valence-electron chi connectivity index (χ3n) is 4.32. The van der Waals surface area contributed by atoms with E-state index in [1.54, 1.807) is 0 Å². The van der Waals surface area contributed by atoms with Gasteiger partial charge < -0.3 is 4.90 Å². The first-order valence-corrected chi connectivity index (χ1v) is 7.97. The molecule has 1 rings (SSSR count). The standard InChI is InChI=1S/C16H31NO/c1-4-6-13-17(5-2)16(18)15-11-7-9-14(3)10-8-12-15/h14-15H,4-13H2,1-3H3. The monoisotopic (exact) mass is 253 g/mol. The van der Waals surface area contributed by atoms with Gasteiger partial charge in [0.15, 0.2) is 0 Å². The van der Waals surface area contributed by atoms with Gasteiger partial charge in [-0.15, -0.1) is 0 Å². The quantitative estimate of drug-likeness (QED) is 0.717. The maximum atomic E-state index is 12.5. The van der Waals surface area contributed by atoms with Crippen molar-refractivity contribution in [3.63, 3.8) is 0 Å². The highest BCUT2D eigenvalue weighted by Gasteiger charge is 2.24. The number of rotatable bonds is 5. The molecule has 1 amide bonds. The predicted molar refractivity (Wildman–Crippen MR) is 77.5 cm³/mol. The summed E-state index contributed by atoms with van der Waals surface area (Å²) in [5, 5.41) is 0. The van der Waals surface area contributed by atoms with Gasteiger partial charge in [-0.25, -0.2) is 0 Å². The van der Waals surface area contributed by atoms with Gasteiger partial charge in [0.2, 0.25) is 5.91 Å². The molecule has 2 nitrogen and oxygen atoms in total. The van der Waals surface area contributed by atoms with Gasteiger partial charge in [0.05, 0.1) is 0 Å². The lowest BCUT2D eigenvalue weighted by atomic mass is 9.86. The van der Waals surface area contributed by atoms with Crippen LogP contribution in [0.1, 0.15) is 72.1 Å². The lowest BCUT2D eigenvalue weighted by molar-refractivity contribution is -0.136. The molecule has 0 aromatic rings. The normalized spacial score (nSPS) is 25.3. The molecule has 0 radical (unpaired) electrons. The zero-order chi connectivity index (χ0) is 13.4. The number of carbonyl (C=O) groups excluding carboxylic acids is 1. The Bertz CT molecular complexity index is 229. The second-order valence-corrected chi connectivity index (χ2v) is 5.94. The summed E-state index contributed by atoms with van der Waals surface area (Å²) >= 11 is 0. The first kappa shape index (κ1) is 15.5. The van der Waals surface area contributed by atoms with Gasteiger partial charge in [0.25, 0.3) is 0 Å². The lowest BCUT2D eigenvalue weighted by Crippen LogP contribution is -2.37. The van der Waals surface area contributed by atoms with E-state index in [4.69, 9.17) is 0 Å². The van der Waals surface area contributed by atoms with Gasteiger partial charge in [0.1, 0.15) is 0 Å². The molecule has 18 heavy (non-hydrogen) atoms. The smallest absolute Gasteiger partial charge is 0.225 e. The number of unbranched alkanes of at least 4 members (excludes halogenated alkanes) is 1. The molecule has 1 fully saturated rings. The van der Waals surface area contributed by atoms with Crippen molar-refractivity contribution in [1.82, 2.24) is 4.90 Å². The van der Waals surface area contributed by atoms with E-state index in [0.29, 0.717) is 11.8 Å². The Hall–Kier alpha value is -0.530. The number of hydrogen-bond donors (Lipinski definition) is 0. The van der Waals surface area contributed by atoms with Crippen molar-refractivity contribution in [2.24, 2.45) is 11.8 Å². The topological polar surface area (TPSA) is 20.3 Å². The Labute approximate surface area is 113 Å². The van der Waals surface area contributed by atoms with Crippen molar-refractivity contribution in [2.45, 2.75) is 72.1 Å². The van der Waals surface area contributed by atoms with Gasteiger partial charge in [-0.1, -0.05) is 46.0 Å². The van der Waals surface area contributed by atoms with Crippen LogP contribution in [0, 0.1) is 11.8 Å². The Morgan fingerprint density at radius 1 is 1.11 bits per heavy atom. The first-order chi connectivity index (χ1) is 8.69. The average Bonchev–Trinajstić information content (AvgIpc) is 2.34. The molecule has 0 aromatic heterocycles. The third kappa shape index (κ3) is 4.99. The van der Waals surface area contributed by atoms with Gasteiger partial charge >= 0.3 is 0 Å². The van der Waals surface area contributed by atoms with Crippen LogP contribution in [0.25, 0.3) is 0 Å². The van der Waals surface area contributed by atoms with E-state index in [2.05, 4.69) is 25.7 Å². The van der Waals surface area contributed by atoms with E-state index >= 15 is 0 Å². The van der Waals surface area contributed by atoms with Crippen LogP contribution in [0.2, 0.25) is 0 Å². The van der Waals surface area contributed by atoms with Crippen LogP contribution in [0.15, 0.2) is 0 Å². The molecule has 0 spiro atoms. The summed E-state index contributed by atoms with van der Waals surface area (Å²) in [4.78, 5) is 14.6. The van der Waals surface area contributed by atoms with Crippen LogP contribution in [-0.2, 0) is 4.79 Å². The average molecular weight is 253 g/mol. The fraction of sp³-hybridized carbons (Fsp3) is 0.938. The Balaban J connectivity index is 2.47. The molecule has 106 valence electrons. The van der Waals surface area contributed by atoms with Gasteiger partial charge in [-0.05, 0) is 32.1 Å². The molecule has 1 aliphatic carbocycles. The summed E-state index contributed by atoms with van der Waals surface area (Å²) in [7, 11) is 0. The molecule has 0 bridgehead atoms. The van der Waals surface area contributed by atoms with E-state index in [0.717, 1.165) is 38.3 Å². The molecule has 0 aliphatic heterocycles. The first-order valence-electron chi connectivity index (χ1n) is 7.97. The molecule has 2 heteroatoms.